The fourth-order valence-corrected chi connectivity index (χ4v) is 4.44. The van der Waals surface area contributed by atoms with E-state index in [4.69, 9.17) is 19.3 Å². The van der Waals surface area contributed by atoms with E-state index < -0.39 is 21.2 Å². The topological polar surface area (TPSA) is 47.9 Å². The number of aliphatic hydroxyl groups is 1. The van der Waals surface area contributed by atoms with Crippen molar-refractivity contribution in [1.29, 1.82) is 0 Å². The molecule has 2 aromatic rings. The predicted octanol–water partition coefficient (Wildman–Crippen LogP) is -0.667. The van der Waals surface area contributed by atoms with E-state index in [1.54, 1.807) is 21.3 Å². The van der Waals surface area contributed by atoms with E-state index in [9.17, 15) is 0 Å². The minimum Gasteiger partial charge on any atom is -0.496 e. The number of methoxy groups -OCH3 is 3. The Labute approximate surface area is 134 Å². The van der Waals surface area contributed by atoms with Crippen LogP contribution in [0.2, 0.25) is 0 Å². The van der Waals surface area contributed by atoms with Crippen molar-refractivity contribution in [3.05, 3.63) is 49.1 Å². The molecule has 0 saturated heterocycles. The summed E-state index contributed by atoms with van der Waals surface area (Å²) < 4.78 is 18.5. The van der Waals surface area contributed by atoms with E-state index in [1.165, 1.54) is 3.57 Å². The Balaban J connectivity index is 2.36. The zero-order valence-electron chi connectivity index (χ0n) is 12.2. The number of aliphatic hydroxyl groups excluding tert-OH is 1. The van der Waals surface area contributed by atoms with Crippen LogP contribution >= 0.6 is 0 Å². The van der Waals surface area contributed by atoms with Crippen molar-refractivity contribution in [2.24, 2.45) is 0 Å². The summed E-state index contributed by atoms with van der Waals surface area (Å²) in [6.07, 6.45) is 0. The first-order chi connectivity index (χ1) is 10.2. The highest BCUT2D eigenvalue weighted by Crippen LogP contribution is 2.27. The Morgan fingerprint density at radius 2 is 1.48 bits per heavy atom. The number of halogens is 1. The zero-order chi connectivity index (χ0) is 15.2. The van der Waals surface area contributed by atoms with Gasteiger partial charge in [-0.1, -0.05) is 12.1 Å². The lowest BCUT2D eigenvalue weighted by Crippen LogP contribution is -3.61. The quantitative estimate of drug-likeness (QED) is 0.653. The molecule has 0 bridgehead atoms. The van der Waals surface area contributed by atoms with Gasteiger partial charge < -0.3 is 19.3 Å². The summed E-state index contributed by atoms with van der Waals surface area (Å²) in [4.78, 5) is 0. The van der Waals surface area contributed by atoms with Gasteiger partial charge in [0.1, 0.15) is 5.75 Å². The summed E-state index contributed by atoms with van der Waals surface area (Å²) in [6.45, 7) is 0.0633. The minimum atomic E-state index is -0.451. The summed E-state index contributed by atoms with van der Waals surface area (Å²) in [5.41, 5.74) is 0.913. The molecule has 0 spiro atoms. The lowest BCUT2D eigenvalue weighted by atomic mass is 10.2. The van der Waals surface area contributed by atoms with E-state index in [0.717, 1.165) is 20.6 Å². The highest BCUT2D eigenvalue weighted by Gasteiger charge is 2.27. The molecular formula is C16H18IO4+. The van der Waals surface area contributed by atoms with Gasteiger partial charge in [-0.15, -0.1) is 0 Å². The normalized spacial score (nSPS) is 10.3. The molecule has 0 aliphatic rings. The molecular weight excluding hydrogens is 383 g/mol. The molecule has 0 radical (unpaired) electrons. The van der Waals surface area contributed by atoms with Crippen molar-refractivity contribution in [1.82, 2.24) is 0 Å². The van der Waals surface area contributed by atoms with Gasteiger partial charge in [0.05, 0.1) is 27.9 Å². The van der Waals surface area contributed by atoms with Crippen molar-refractivity contribution in [2.75, 3.05) is 21.3 Å². The van der Waals surface area contributed by atoms with Crippen LogP contribution in [0.1, 0.15) is 5.56 Å². The van der Waals surface area contributed by atoms with E-state index in [-0.39, 0.29) is 6.61 Å². The molecule has 0 unspecified atom stereocenters. The zero-order valence-corrected chi connectivity index (χ0v) is 14.4. The predicted molar refractivity (Wildman–Crippen MR) is 75.9 cm³/mol. The molecule has 0 heterocycles. The van der Waals surface area contributed by atoms with Gasteiger partial charge in [0.15, 0.2) is 15.1 Å². The number of rotatable bonds is 6. The third-order valence-corrected chi connectivity index (χ3v) is 5.90. The Bertz CT molecular complexity index is 571. The van der Waals surface area contributed by atoms with Crippen molar-refractivity contribution >= 4 is 0 Å². The lowest BCUT2D eigenvalue weighted by Gasteiger charge is -2.08. The van der Waals surface area contributed by atoms with E-state index in [1.807, 2.05) is 36.4 Å². The van der Waals surface area contributed by atoms with Gasteiger partial charge in [0.25, 0.3) is 3.57 Å². The first-order valence-electron chi connectivity index (χ1n) is 6.36. The van der Waals surface area contributed by atoms with E-state index >= 15 is 0 Å². The number of benzene rings is 2. The van der Waals surface area contributed by atoms with Crippen LogP contribution in [0.5, 0.6) is 17.2 Å². The van der Waals surface area contributed by atoms with Crippen LogP contribution in [-0.2, 0) is 6.61 Å². The summed E-state index contributed by atoms with van der Waals surface area (Å²) in [5.74, 6) is 2.28. The maximum Gasteiger partial charge on any atom is 0.366 e. The molecule has 112 valence electrons. The third-order valence-electron chi connectivity index (χ3n) is 2.95. The second-order valence-electron chi connectivity index (χ2n) is 4.22. The van der Waals surface area contributed by atoms with Gasteiger partial charge in [-0.25, -0.2) is 0 Å². The van der Waals surface area contributed by atoms with Gasteiger partial charge in [-0.3, -0.25) is 0 Å². The Morgan fingerprint density at radius 1 is 0.905 bits per heavy atom. The minimum absolute atomic E-state index is 0.0633. The second kappa shape index (κ2) is 7.51. The Kier molecular flexibility index (Phi) is 5.69. The van der Waals surface area contributed by atoms with Crippen LogP contribution in [0, 0.1) is 7.14 Å². The Hall–Kier alpha value is -1.47. The summed E-state index contributed by atoms with van der Waals surface area (Å²) >= 11 is -0.451. The first kappa shape index (κ1) is 15.9. The molecule has 0 aromatic heterocycles. The highest BCUT2D eigenvalue weighted by molar-refractivity contribution is 5.41. The van der Waals surface area contributed by atoms with E-state index in [2.05, 4.69) is 0 Å². The molecule has 21 heavy (non-hydrogen) atoms. The van der Waals surface area contributed by atoms with Crippen LogP contribution in [0.15, 0.2) is 36.4 Å². The molecule has 2 aromatic carbocycles. The average molecular weight is 401 g/mol. The van der Waals surface area contributed by atoms with Crippen LogP contribution in [0.25, 0.3) is 0 Å². The van der Waals surface area contributed by atoms with Crippen LogP contribution in [-0.4, -0.2) is 26.4 Å². The monoisotopic (exact) mass is 401 g/mol. The lowest BCUT2D eigenvalue weighted by molar-refractivity contribution is -0.598. The largest absolute Gasteiger partial charge is 0.496 e. The van der Waals surface area contributed by atoms with Gasteiger partial charge >= 0.3 is 21.2 Å². The van der Waals surface area contributed by atoms with Crippen LogP contribution < -0.4 is 35.4 Å². The number of hydrogen-bond donors (Lipinski definition) is 1. The second-order valence-corrected chi connectivity index (χ2v) is 7.09. The molecule has 0 atom stereocenters. The molecule has 0 aliphatic heterocycles. The fraction of sp³-hybridized carbons (Fsp3) is 0.250. The summed E-state index contributed by atoms with van der Waals surface area (Å²) in [6, 6.07) is 11.7. The summed E-state index contributed by atoms with van der Waals surface area (Å²) in [5, 5.41) is 9.10. The van der Waals surface area contributed by atoms with Crippen molar-refractivity contribution in [3.63, 3.8) is 0 Å². The molecule has 0 saturated carbocycles. The maximum atomic E-state index is 9.10. The average Bonchev–Trinajstić information content (AvgIpc) is 2.55. The Morgan fingerprint density at radius 3 is 1.90 bits per heavy atom. The number of hydrogen-bond acceptors (Lipinski definition) is 4. The number of ether oxygens (including phenoxy) is 3. The van der Waals surface area contributed by atoms with Gasteiger partial charge in [-0.05, 0) is 17.7 Å². The van der Waals surface area contributed by atoms with Crippen molar-refractivity contribution in [3.8, 4) is 17.2 Å². The van der Waals surface area contributed by atoms with Crippen LogP contribution in [0.3, 0.4) is 0 Å². The van der Waals surface area contributed by atoms with Gasteiger partial charge in [0, 0.05) is 12.1 Å². The molecule has 0 amide bonds. The van der Waals surface area contributed by atoms with Crippen molar-refractivity contribution in [2.45, 2.75) is 6.61 Å². The molecule has 5 heteroatoms. The molecule has 4 nitrogen and oxygen atoms in total. The van der Waals surface area contributed by atoms with Crippen molar-refractivity contribution < 1.29 is 40.5 Å². The summed E-state index contributed by atoms with van der Waals surface area (Å²) in [7, 11) is 4.92. The van der Waals surface area contributed by atoms with Gasteiger partial charge in [0.2, 0.25) is 0 Å². The first-order valence-corrected chi connectivity index (χ1v) is 8.52. The standard InChI is InChI=1S/C16H18IO4/c1-19-13-8-14(20-2)16(15(9-13)21-3)17-12-6-4-11(10-18)5-7-12/h4-9,18H,10H2,1-3H3/q+1. The van der Waals surface area contributed by atoms with E-state index in [0.29, 0.717) is 5.75 Å². The molecule has 2 rings (SSSR count). The highest BCUT2D eigenvalue weighted by atomic mass is 127. The SMILES string of the molecule is COc1cc(OC)c([I+]c2ccc(CO)cc2)c(OC)c1. The maximum absolute atomic E-state index is 9.10. The third kappa shape index (κ3) is 3.79. The smallest absolute Gasteiger partial charge is 0.366 e. The van der Waals surface area contributed by atoms with Gasteiger partial charge in [-0.2, -0.15) is 0 Å². The fourth-order valence-electron chi connectivity index (χ4n) is 1.82. The van der Waals surface area contributed by atoms with Crippen LogP contribution in [0.4, 0.5) is 0 Å². The molecule has 0 aliphatic carbocycles. The molecule has 0 fully saturated rings. The molecule has 1 N–H and O–H groups in total.